The van der Waals surface area contributed by atoms with Crippen LogP contribution in [0.1, 0.15) is 5.56 Å². The number of rotatable bonds is 3. The molecular formula is C15H10N4OS. The highest BCUT2D eigenvalue weighted by molar-refractivity contribution is 7.98. The highest BCUT2D eigenvalue weighted by atomic mass is 32.2. The van der Waals surface area contributed by atoms with Crippen molar-refractivity contribution in [2.24, 2.45) is 0 Å². The van der Waals surface area contributed by atoms with Gasteiger partial charge in [0.2, 0.25) is 5.82 Å². The van der Waals surface area contributed by atoms with Crippen molar-refractivity contribution in [1.82, 2.24) is 15.1 Å². The van der Waals surface area contributed by atoms with E-state index in [9.17, 15) is 0 Å². The van der Waals surface area contributed by atoms with Crippen molar-refractivity contribution in [1.29, 1.82) is 5.26 Å². The Balaban J connectivity index is 2.02. The first-order valence-corrected chi connectivity index (χ1v) is 7.37. The van der Waals surface area contributed by atoms with E-state index in [1.165, 1.54) is 0 Å². The Bertz CT molecular complexity index is 808. The van der Waals surface area contributed by atoms with Crippen LogP contribution in [0.4, 0.5) is 0 Å². The lowest BCUT2D eigenvalue weighted by Gasteiger charge is -2.00. The van der Waals surface area contributed by atoms with Crippen LogP contribution < -0.4 is 0 Å². The lowest BCUT2D eigenvalue weighted by molar-refractivity contribution is 0.432. The Morgan fingerprint density at radius 2 is 2.14 bits per heavy atom. The molecule has 0 fully saturated rings. The molecule has 0 radical (unpaired) electrons. The molecule has 0 aliphatic heterocycles. The van der Waals surface area contributed by atoms with Crippen LogP contribution in [0.15, 0.2) is 52.0 Å². The molecule has 0 aliphatic rings. The SMILES string of the molecule is CSc1cc(C#N)cc(-c2nc(-c3ccccn3)no2)c1. The minimum atomic E-state index is 0.378. The van der Waals surface area contributed by atoms with E-state index in [1.54, 1.807) is 24.0 Å². The predicted octanol–water partition coefficient (Wildman–Crippen LogP) is 3.39. The third-order valence-corrected chi connectivity index (χ3v) is 3.55. The van der Waals surface area contributed by atoms with Crippen molar-refractivity contribution in [2.45, 2.75) is 4.90 Å². The molecule has 6 heteroatoms. The van der Waals surface area contributed by atoms with Gasteiger partial charge in [0.25, 0.3) is 5.89 Å². The smallest absolute Gasteiger partial charge is 0.258 e. The zero-order chi connectivity index (χ0) is 14.7. The Morgan fingerprint density at radius 3 is 2.86 bits per heavy atom. The molecule has 0 aliphatic carbocycles. The second-order valence-corrected chi connectivity index (χ2v) is 5.08. The number of nitrogens with zero attached hydrogens (tertiary/aromatic N) is 4. The van der Waals surface area contributed by atoms with Crippen molar-refractivity contribution < 1.29 is 4.52 Å². The molecule has 0 atom stereocenters. The fourth-order valence-corrected chi connectivity index (χ4v) is 2.33. The second kappa shape index (κ2) is 5.77. The molecule has 5 nitrogen and oxygen atoms in total. The highest BCUT2D eigenvalue weighted by Crippen LogP contribution is 2.26. The third-order valence-electron chi connectivity index (χ3n) is 2.84. The van der Waals surface area contributed by atoms with E-state index in [0.29, 0.717) is 23.0 Å². The highest BCUT2D eigenvalue weighted by Gasteiger charge is 2.12. The molecule has 2 aromatic heterocycles. The summed E-state index contributed by atoms with van der Waals surface area (Å²) in [6.07, 6.45) is 3.63. The van der Waals surface area contributed by atoms with Gasteiger partial charge in [0.05, 0.1) is 11.6 Å². The molecule has 3 aromatic rings. The summed E-state index contributed by atoms with van der Waals surface area (Å²) in [5, 5.41) is 13.0. The molecule has 0 unspecified atom stereocenters. The number of benzene rings is 1. The summed E-state index contributed by atoms with van der Waals surface area (Å²) in [6.45, 7) is 0. The summed E-state index contributed by atoms with van der Waals surface area (Å²) in [7, 11) is 0. The van der Waals surface area contributed by atoms with Crippen LogP contribution >= 0.6 is 11.8 Å². The number of aromatic nitrogens is 3. The van der Waals surface area contributed by atoms with Crippen LogP contribution in [0.3, 0.4) is 0 Å². The number of thioether (sulfide) groups is 1. The molecule has 102 valence electrons. The molecule has 1 aromatic carbocycles. The van der Waals surface area contributed by atoms with Crippen molar-refractivity contribution in [3.63, 3.8) is 0 Å². The largest absolute Gasteiger partial charge is 0.334 e. The fraction of sp³-hybridized carbons (Fsp3) is 0.0667. The number of nitriles is 1. The maximum absolute atomic E-state index is 9.08. The monoisotopic (exact) mass is 294 g/mol. The van der Waals surface area contributed by atoms with Gasteiger partial charge in [-0.25, -0.2) is 0 Å². The van der Waals surface area contributed by atoms with Crippen LogP contribution in [0, 0.1) is 11.3 Å². The van der Waals surface area contributed by atoms with Crippen molar-refractivity contribution in [3.05, 3.63) is 48.2 Å². The minimum Gasteiger partial charge on any atom is -0.334 e. The quantitative estimate of drug-likeness (QED) is 0.689. The van der Waals surface area contributed by atoms with E-state index in [1.807, 2.05) is 36.6 Å². The van der Waals surface area contributed by atoms with Crippen LogP contribution in [-0.4, -0.2) is 21.4 Å². The molecule has 21 heavy (non-hydrogen) atoms. The number of hydrogen-bond acceptors (Lipinski definition) is 6. The number of hydrogen-bond donors (Lipinski definition) is 0. The summed E-state index contributed by atoms with van der Waals surface area (Å²) in [6, 6.07) is 13.1. The van der Waals surface area contributed by atoms with Gasteiger partial charge < -0.3 is 4.52 Å². The van der Waals surface area contributed by atoms with Crippen LogP contribution in [0.2, 0.25) is 0 Å². The zero-order valence-electron chi connectivity index (χ0n) is 11.1. The molecule has 2 heterocycles. The van der Waals surface area contributed by atoms with E-state index in [2.05, 4.69) is 21.2 Å². The van der Waals surface area contributed by atoms with E-state index in [4.69, 9.17) is 9.78 Å². The Hall–Kier alpha value is -2.65. The number of pyridine rings is 1. The Morgan fingerprint density at radius 1 is 1.24 bits per heavy atom. The van der Waals surface area contributed by atoms with Gasteiger partial charge in [0, 0.05) is 16.7 Å². The molecule has 0 N–H and O–H groups in total. The van der Waals surface area contributed by atoms with Gasteiger partial charge >= 0.3 is 0 Å². The Kier molecular flexibility index (Phi) is 3.67. The van der Waals surface area contributed by atoms with Gasteiger partial charge in [0.15, 0.2) is 0 Å². The summed E-state index contributed by atoms with van der Waals surface area (Å²) >= 11 is 1.56. The average molecular weight is 294 g/mol. The maximum Gasteiger partial charge on any atom is 0.258 e. The molecule has 3 rings (SSSR count). The van der Waals surface area contributed by atoms with Crippen molar-refractivity contribution in [3.8, 4) is 29.0 Å². The van der Waals surface area contributed by atoms with E-state index in [-0.39, 0.29) is 0 Å². The molecule has 0 spiro atoms. The van der Waals surface area contributed by atoms with Gasteiger partial charge in [-0.05, 0) is 36.6 Å². The lowest BCUT2D eigenvalue weighted by Crippen LogP contribution is -1.85. The van der Waals surface area contributed by atoms with Gasteiger partial charge in [0.1, 0.15) is 5.69 Å². The first kappa shape index (κ1) is 13.3. The summed E-state index contributed by atoms with van der Waals surface area (Å²) < 4.78 is 5.28. The van der Waals surface area contributed by atoms with Gasteiger partial charge in [-0.3, -0.25) is 4.98 Å². The van der Waals surface area contributed by atoms with Gasteiger partial charge in [-0.15, -0.1) is 11.8 Å². The normalized spacial score (nSPS) is 10.3. The summed E-state index contributed by atoms with van der Waals surface area (Å²) in [5.41, 5.74) is 1.94. The molecule has 0 amide bonds. The first-order chi connectivity index (χ1) is 10.3. The maximum atomic E-state index is 9.08. The van der Waals surface area contributed by atoms with E-state index < -0.39 is 0 Å². The molecular weight excluding hydrogens is 284 g/mol. The second-order valence-electron chi connectivity index (χ2n) is 4.20. The lowest BCUT2D eigenvalue weighted by atomic mass is 10.1. The van der Waals surface area contributed by atoms with Gasteiger partial charge in [-0.1, -0.05) is 11.2 Å². The standard InChI is InChI=1S/C15H10N4OS/c1-21-12-7-10(9-16)6-11(8-12)15-18-14(19-20-15)13-4-2-3-5-17-13/h2-8H,1H3. The van der Waals surface area contributed by atoms with Crippen LogP contribution in [-0.2, 0) is 0 Å². The van der Waals surface area contributed by atoms with Crippen LogP contribution in [0.25, 0.3) is 23.0 Å². The van der Waals surface area contributed by atoms with Gasteiger partial charge in [-0.2, -0.15) is 10.2 Å². The van der Waals surface area contributed by atoms with E-state index in [0.717, 1.165) is 10.5 Å². The van der Waals surface area contributed by atoms with E-state index >= 15 is 0 Å². The Labute approximate surface area is 125 Å². The molecule has 0 saturated carbocycles. The summed E-state index contributed by atoms with van der Waals surface area (Å²) in [5.74, 6) is 0.807. The summed E-state index contributed by atoms with van der Waals surface area (Å²) in [4.78, 5) is 9.50. The van der Waals surface area contributed by atoms with Crippen molar-refractivity contribution in [2.75, 3.05) is 6.26 Å². The predicted molar refractivity (Wildman–Crippen MR) is 79.5 cm³/mol. The fourth-order valence-electron chi connectivity index (χ4n) is 1.84. The molecule has 0 saturated heterocycles. The van der Waals surface area contributed by atoms with Crippen LogP contribution in [0.5, 0.6) is 0 Å². The zero-order valence-corrected chi connectivity index (χ0v) is 12.0. The first-order valence-electron chi connectivity index (χ1n) is 6.15. The van der Waals surface area contributed by atoms with Crippen molar-refractivity contribution >= 4 is 11.8 Å². The third kappa shape index (κ3) is 2.78. The molecule has 0 bridgehead atoms. The average Bonchev–Trinajstić information content (AvgIpc) is 3.05. The minimum absolute atomic E-state index is 0.378. The topological polar surface area (TPSA) is 75.6 Å².